The van der Waals surface area contributed by atoms with Gasteiger partial charge in [0.1, 0.15) is 0 Å². The van der Waals surface area contributed by atoms with Crippen LogP contribution in [0.2, 0.25) is 0 Å². The maximum Gasteiger partial charge on any atom is 0.490 e. The molecular formula is C11H14F3N3O4. The highest BCUT2D eigenvalue weighted by Crippen LogP contribution is 2.15. The van der Waals surface area contributed by atoms with E-state index in [2.05, 4.69) is 15.0 Å². The van der Waals surface area contributed by atoms with E-state index in [0.717, 1.165) is 30.9 Å². The van der Waals surface area contributed by atoms with E-state index in [1.807, 2.05) is 11.6 Å². The maximum atomic E-state index is 11.3. The molecule has 0 atom stereocenters. The van der Waals surface area contributed by atoms with Crippen LogP contribution in [0.25, 0.3) is 0 Å². The van der Waals surface area contributed by atoms with Gasteiger partial charge in [0.25, 0.3) is 0 Å². The number of imidazole rings is 1. The van der Waals surface area contributed by atoms with Gasteiger partial charge >= 0.3 is 18.1 Å². The lowest BCUT2D eigenvalue weighted by Gasteiger charge is -2.12. The van der Waals surface area contributed by atoms with Crippen LogP contribution < -0.4 is 5.32 Å². The average molecular weight is 309 g/mol. The summed E-state index contributed by atoms with van der Waals surface area (Å²) in [6.07, 6.45) is -4.17. The van der Waals surface area contributed by atoms with Gasteiger partial charge in [-0.2, -0.15) is 13.2 Å². The van der Waals surface area contributed by atoms with Crippen LogP contribution in [-0.4, -0.2) is 46.4 Å². The zero-order chi connectivity index (χ0) is 16.2. The van der Waals surface area contributed by atoms with E-state index in [-0.39, 0.29) is 5.97 Å². The van der Waals surface area contributed by atoms with E-state index in [0.29, 0.717) is 5.82 Å². The molecule has 2 rings (SSSR count). The van der Waals surface area contributed by atoms with Gasteiger partial charge in [0.05, 0.1) is 12.8 Å². The molecule has 0 spiro atoms. The van der Waals surface area contributed by atoms with Crippen molar-refractivity contribution in [3.05, 3.63) is 17.2 Å². The Labute approximate surface area is 117 Å². The first-order valence-electron chi connectivity index (χ1n) is 5.82. The zero-order valence-electron chi connectivity index (χ0n) is 11.3. The number of carbonyl (C=O) groups is 2. The summed E-state index contributed by atoms with van der Waals surface area (Å²) in [5.41, 5.74) is 2.09. The summed E-state index contributed by atoms with van der Waals surface area (Å²) in [6, 6.07) is 0. The van der Waals surface area contributed by atoms with Crippen molar-refractivity contribution in [1.29, 1.82) is 0 Å². The number of fused-ring (bicyclic) bond motifs is 1. The van der Waals surface area contributed by atoms with E-state index < -0.39 is 12.1 Å². The highest BCUT2D eigenvalue weighted by molar-refractivity contribution is 5.85. The number of hydrogen-bond donors (Lipinski definition) is 2. The minimum absolute atomic E-state index is 0.373. The molecule has 0 aliphatic carbocycles. The van der Waals surface area contributed by atoms with Crippen LogP contribution in [0.4, 0.5) is 13.2 Å². The van der Waals surface area contributed by atoms with Crippen molar-refractivity contribution in [1.82, 2.24) is 14.9 Å². The Morgan fingerprint density at radius 1 is 1.43 bits per heavy atom. The van der Waals surface area contributed by atoms with Crippen LogP contribution >= 0.6 is 0 Å². The van der Waals surface area contributed by atoms with Crippen molar-refractivity contribution in [2.45, 2.75) is 19.1 Å². The molecule has 1 aliphatic rings. The molecule has 0 saturated heterocycles. The minimum Gasteiger partial charge on any atom is -0.475 e. The van der Waals surface area contributed by atoms with Crippen LogP contribution in [0.3, 0.4) is 0 Å². The summed E-state index contributed by atoms with van der Waals surface area (Å²) in [5.74, 6) is -2.74. The van der Waals surface area contributed by atoms with Crippen molar-refractivity contribution in [2.75, 3.05) is 13.7 Å². The van der Waals surface area contributed by atoms with E-state index in [4.69, 9.17) is 9.90 Å². The van der Waals surface area contributed by atoms with Crippen LogP contribution in [0.5, 0.6) is 0 Å². The Balaban J connectivity index is 0.000000270. The fraction of sp³-hybridized carbons (Fsp3) is 0.545. The van der Waals surface area contributed by atoms with E-state index in [1.165, 1.54) is 7.11 Å². The van der Waals surface area contributed by atoms with Gasteiger partial charge in [0.15, 0.2) is 0 Å². The van der Waals surface area contributed by atoms with Crippen molar-refractivity contribution in [3.8, 4) is 0 Å². The molecule has 0 bridgehead atoms. The minimum atomic E-state index is -5.08. The number of carboxylic acid groups (broad SMARTS) is 1. The van der Waals surface area contributed by atoms with Gasteiger partial charge in [-0.25, -0.2) is 14.6 Å². The van der Waals surface area contributed by atoms with Crippen LogP contribution in [0.1, 0.15) is 22.0 Å². The molecule has 0 aromatic carbocycles. The number of ether oxygens (including phenoxy) is 1. The molecule has 2 heterocycles. The molecule has 118 valence electrons. The monoisotopic (exact) mass is 309 g/mol. The summed E-state index contributed by atoms with van der Waals surface area (Å²) in [6.45, 7) is 1.67. The molecule has 21 heavy (non-hydrogen) atoms. The van der Waals surface area contributed by atoms with Gasteiger partial charge < -0.3 is 19.7 Å². The molecule has 2 N–H and O–H groups in total. The number of nitrogens with zero attached hydrogens (tertiary/aromatic N) is 2. The number of halogens is 3. The van der Waals surface area contributed by atoms with Gasteiger partial charge in [-0.05, 0) is 0 Å². The molecule has 10 heteroatoms. The van der Waals surface area contributed by atoms with Crippen LogP contribution in [-0.2, 0) is 29.5 Å². The molecule has 1 aromatic rings. The predicted molar refractivity (Wildman–Crippen MR) is 63.6 cm³/mol. The fourth-order valence-electron chi connectivity index (χ4n) is 1.73. The van der Waals surface area contributed by atoms with Crippen molar-refractivity contribution in [3.63, 3.8) is 0 Å². The first-order valence-corrected chi connectivity index (χ1v) is 5.82. The standard InChI is InChI=1S/C9H13N3O2.C2HF3O2/c1-12-7-3-4-10-5-6(7)11-8(12)9(13)14-2;3-2(4,5)1(6)7/h10H,3-5H2,1-2H3;(H,6,7). The third-order valence-corrected chi connectivity index (χ3v) is 2.74. The fourth-order valence-corrected chi connectivity index (χ4v) is 1.73. The topological polar surface area (TPSA) is 93.5 Å². The number of methoxy groups -OCH3 is 1. The summed E-state index contributed by atoms with van der Waals surface area (Å²) in [5, 5.41) is 10.3. The van der Waals surface area contributed by atoms with E-state index in [1.54, 1.807) is 0 Å². The lowest BCUT2D eigenvalue weighted by molar-refractivity contribution is -0.192. The smallest absolute Gasteiger partial charge is 0.475 e. The molecule has 1 aliphatic heterocycles. The molecule has 7 nitrogen and oxygen atoms in total. The Morgan fingerprint density at radius 2 is 2.00 bits per heavy atom. The maximum absolute atomic E-state index is 11.3. The SMILES string of the molecule is COC(=O)c1nc2c(n1C)CCNC2.O=C(O)C(F)(F)F. The predicted octanol–water partition coefficient (Wildman–Crippen LogP) is 0.486. The van der Waals surface area contributed by atoms with Gasteiger partial charge in [-0.3, -0.25) is 0 Å². The number of rotatable bonds is 1. The Hall–Kier alpha value is -2.10. The number of carbonyl (C=O) groups excluding carboxylic acids is 1. The number of alkyl halides is 3. The molecule has 0 amide bonds. The number of hydrogen-bond acceptors (Lipinski definition) is 5. The van der Waals surface area contributed by atoms with Crippen molar-refractivity contribution in [2.24, 2.45) is 7.05 Å². The zero-order valence-corrected chi connectivity index (χ0v) is 11.3. The second-order valence-electron chi connectivity index (χ2n) is 4.11. The summed E-state index contributed by atoms with van der Waals surface area (Å²) < 4.78 is 38.2. The van der Waals surface area contributed by atoms with Crippen LogP contribution in [0, 0.1) is 0 Å². The third-order valence-electron chi connectivity index (χ3n) is 2.74. The van der Waals surface area contributed by atoms with Gasteiger partial charge in [0, 0.05) is 32.3 Å². The highest BCUT2D eigenvalue weighted by Gasteiger charge is 2.38. The number of aromatic nitrogens is 2. The van der Waals surface area contributed by atoms with Crippen LogP contribution in [0.15, 0.2) is 0 Å². The second-order valence-corrected chi connectivity index (χ2v) is 4.11. The Kier molecular flexibility index (Phi) is 5.30. The summed E-state index contributed by atoms with van der Waals surface area (Å²) in [4.78, 5) is 24.5. The number of nitrogens with one attached hydrogen (secondary N) is 1. The Bertz CT molecular complexity index is 540. The lowest BCUT2D eigenvalue weighted by atomic mass is 10.2. The quantitative estimate of drug-likeness (QED) is 0.733. The van der Waals surface area contributed by atoms with Crippen molar-refractivity contribution >= 4 is 11.9 Å². The number of carboxylic acids is 1. The molecule has 0 unspecified atom stereocenters. The van der Waals surface area contributed by atoms with E-state index in [9.17, 15) is 18.0 Å². The third kappa shape index (κ3) is 4.18. The molecule has 0 saturated carbocycles. The summed E-state index contributed by atoms with van der Waals surface area (Å²) >= 11 is 0. The molecular weight excluding hydrogens is 295 g/mol. The Morgan fingerprint density at radius 3 is 2.43 bits per heavy atom. The molecule has 0 fully saturated rings. The second kappa shape index (κ2) is 6.57. The van der Waals surface area contributed by atoms with Gasteiger partial charge in [0.2, 0.25) is 5.82 Å². The number of aliphatic carboxylic acids is 1. The average Bonchev–Trinajstić information content (AvgIpc) is 2.75. The molecule has 0 radical (unpaired) electrons. The van der Waals surface area contributed by atoms with Gasteiger partial charge in [-0.1, -0.05) is 0 Å². The largest absolute Gasteiger partial charge is 0.490 e. The highest BCUT2D eigenvalue weighted by atomic mass is 19.4. The lowest BCUT2D eigenvalue weighted by Crippen LogP contribution is -2.24. The van der Waals surface area contributed by atoms with Gasteiger partial charge in [-0.15, -0.1) is 0 Å². The van der Waals surface area contributed by atoms with Crippen molar-refractivity contribution < 1.29 is 32.6 Å². The molecule has 1 aromatic heterocycles. The first-order chi connectivity index (χ1) is 9.68. The number of esters is 1. The first kappa shape index (κ1) is 17.0. The summed E-state index contributed by atoms with van der Waals surface area (Å²) in [7, 11) is 3.22. The normalized spacial score (nSPS) is 13.8. The van der Waals surface area contributed by atoms with E-state index >= 15 is 0 Å².